The molecule has 1 fully saturated rings. The van der Waals surface area contributed by atoms with Crippen molar-refractivity contribution in [2.45, 2.75) is 20.3 Å². The van der Waals surface area contributed by atoms with Crippen LogP contribution < -0.4 is 5.73 Å². The minimum Gasteiger partial charge on any atom is -0.393 e. The van der Waals surface area contributed by atoms with Gasteiger partial charge in [0.1, 0.15) is 0 Å². The first-order chi connectivity index (χ1) is 9.38. The first-order valence-electron chi connectivity index (χ1n) is 7.35. The van der Waals surface area contributed by atoms with E-state index < -0.39 is 0 Å². The van der Waals surface area contributed by atoms with Crippen LogP contribution in [0.25, 0.3) is 0 Å². The minimum atomic E-state index is 0.224. The van der Waals surface area contributed by atoms with Crippen molar-refractivity contribution in [3.63, 3.8) is 0 Å². The summed E-state index contributed by atoms with van der Waals surface area (Å²) in [6.45, 7) is 10.1. The van der Waals surface area contributed by atoms with Crippen LogP contribution in [0.3, 0.4) is 0 Å². The second-order valence-corrected chi connectivity index (χ2v) is 6.55. The number of amides is 1. The highest BCUT2D eigenvalue weighted by molar-refractivity contribution is 7.80. The molecular formula is C14H28N4OS. The van der Waals surface area contributed by atoms with Crippen LogP contribution in [0.4, 0.5) is 0 Å². The zero-order chi connectivity index (χ0) is 15.1. The highest BCUT2D eigenvalue weighted by atomic mass is 32.1. The molecule has 1 rings (SSSR count). The molecule has 0 bridgehead atoms. The summed E-state index contributed by atoms with van der Waals surface area (Å²) in [7, 11) is 2.09. The molecule has 1 heterocycles. The van der Waals surface area contributed by atoms with Gasteiger partial charge in [0.2, 0.25) is 5.91 Å². The highest BCUT2D eigenvalue weighted by Crippen LogP contribution is 2.04. The molecule has 0 aromatic carbocycles. The van der Waals surface area contributed by atoms with Crippen molar-refractivity contribution >= 4 is 23.1 Å². The summed E-state index contributed by atoms with van der Waals surface area (Å²) < 4.78 is 0. The minimum absolute atomic E-state index is 0.224. The maximum absolute atomic E-state index is 12.3. The quantitative estimate of drug-likeness (QED) is 0.690. The van der Waals surface area contributed by atoms with Gasteiger partial charge < -0.3 is 15.5 Å². The van der Waals surface area contributed by atoms with Crippen LogP contribution in [0, 0.1) is 5.92 Å². The molecule has 1 aliphatic rings. The zero-order valence-electron chi connectivity index (χ0n) is 13.0. The molecule has 116 valence electrons. The molecule has 0 unspecified atom stereocenters. The summed E-state index contributed by atoms with van der Waals surface area (Å²) in [5, 5.41) is 0. The van der Waals surface area contributed by atoms with Crippen LogP contribution in [0.2, 0.25) is 0 Å². The lowest BCUT2D eigenvalue weighted by Gasteiger charge is -2.34. The molecule has 0 saturated carbocycles. The average molecular weight is 300 g/mol. The van der Waals surface area contributed by atoms with Gasteiger partial charge in [0.05, 0.1) is 11.5 Å². The van der Waals surface area contributed by atoms with Crippen molar-refractivity contribution in [2.75, 3.05) is 52.9 Å². The molecule has 2 N–H and O–H groups in total. The Morgan fingerprint density at radius 2 is 1.90 bits per heavy atom. The lowest BCUT2D eigenvalue weighted by atomic mass is 10.2. The van der Waals surface area contributed by atoms with Gasteiger partial charge in [-0.1, -0.05) is 26.1 Å². The summed E-state index contributed by atoms with van der Waals surface area (Å²) in [4.78, 5) is 19.3. The number of carbonyl (C=O) groups is 1. The van der Waals surface area contributed by atoms with E-state index in [-0.39, 0.29) is 5.91 Å². The van der Waals surface area contributed by atoms with Gasteiger partial charge in [-0.15, -0.1) is 0 Å². The van der Waals surface area contributed by atoms with Gasteiger partial charge in [0, 0.05) is 45.7 Å². The van der Waals surface area contributed by atoms with Gasteiger partial charge >= 0.3 is 0 Å². The maximum atomic E-state index is 12.3. The molecular weight excluding hydrogens is 272 g/mol. The molecule has 1 aliphatic heterocycles. The van der Waals surface area contributed by atoms with Crippen molar-refractivity contribution in [1.82, 2.24) is 14.7 Å². The number of hydrogen-bond acceptors (Lipinski definition) is 4. The van der Waals surface area contributed by atoms with Crippen molar-refractivity contribution in [3.05, 3.63) is 0 Å². The molecule has 0 radical (unpaired) electrons. The normalized spacial score (nSPS) is 16.9. The predicted octanol–water partition coefficient (Wildman–Crippen LogP) is 0.395. The van der Waals surface area contributed by atoms with E-state index >= 15 is 0 Å². The second-order valence-electron chi connectivity index (χ2n) is 6.03. The number of rotatable bonds is 7. The SMILES string of the molecule is CC(C)CN(CCC(N)=S)CC(=O)N1CCN(C)CC1. The molecule has 0 atom stereocenters. The fourth-order valence-corrected chi connectivity index (χ4v) is 2.46. The smallest absolute Gasteiger partial charge is 0.236 e. The van der Waals surface area contributed by atoms with Crippen LogP contribution in [-0.2, 0) is 4.79 Å². The van der Waals surface area contributed by atoms with Gasteiger partial charge in [-0.05, 0) is 13.0 Å². The average Bonchev–Trinajstić information content (AvgIpc) is 2.36. The Hall–Kier alpha value is -0.720. The van der Waals surface area contributed by atoms with Crippen molar-refractivity contribution in [3.8, 4) is 0 Å². The van der Waals surface area contributed by atoms with E-state index in [1.54, 1.807) is 0 Å². The Labute approximate surface area is 128 Å². The Morgan fingerprint density at radius 1 is 1.30 bits per heavy atom. The standard InChI is InChI=1S/C14H28N4OS/c1-12(2)10-17(5-4-13(15)20)11-14(19)18-8-6-16(3)7-9-18/h12H,4-11H2,1-3H3,(H2,15,20). The lowest BCUT2D eigenvalue weighted by Crippen LogP contribution is -2.50. The summed E-state index contributed by atoms with van der Waals surface area (Å²) in [6.07, 6.45) is 0.679. The number of hydrogen-bond donors (Lipinski definition) is 1. The van der Waals surface area contributed by atoms with Gasteiger partial charge in [-0.25, -0.2) is 0 Å². The fourth-order valence-electron chi connectivity index (χ4n) is 2.37. The predicted molar refractivity (Wildman–Crippen MR) is 86.8 cm³/mol. The van der Waals surface area contributed by atoms with E-state index in [1.807, 2.05) is 4.90 Å². The highest BCUT2D eigenvalue weighted by Gasteiger charge is 2.21. The van der Waals surface area contributed by atoms with Crippen molar-refractivity contribution in [2.24, 2.45) is 11.7 Å². The molecule has 0 aromatic heterocycles. The van der Waals surface area contributed by atoms with E-state index in [0.29, 0.717) is 23.9 Å². The number of nitrogens with two attached hydrogens (primary N) is 1. The van der Waals surface area contributed by atoms with Crippen LogP contribution in [-0.4, -0.2) is 78.5 Å². The topological polar surface area (TPSA) is 52.8 Å². The van der Waals surface area contributed by atoms with E-state index in [9.17, 15) is 4.79 Å². The van der Waals surface area contributed by atoms with E-state index in [1.165, 1.54) is 0 Å². The van der Waals surface area contributed by atoms with Crippen LogP contribution in [0.1, 0.15) is 20.3 Å². The van der Waals surface area contributed by atoms with Crippen LogP contribution in [0.5, 0.6) is 0 Å². The van der Waals surface area contributed by atoms with E-state index in [2.05, 4.69) is 30.7 Å². The van der Waals surface area contributed by atoms with Crippen molar-refractivity contribution < 1.29 is 4.79 Å². The van der Waals surface area contributed by atoms with Gasteiger partial charge in [-0.2, -0.15) is 0 Å². The Balaban J connectivity index is 2.45. The van der Waals surface area contributed by atoms with Gasteiger partial charge in [0.15, 0.2) is 0 Å². The largest absolute Gasteiger partial charge is 0.393 e. The molecule has 6 heteroatoms. The molecule has 0 spiro atoms. The van der Waals surface area contributed by atoms with Gasteiger partial charge in [0.25, 0.3) is 0 Å². The lowest BCUT2D eigenvalue weighted by molar-refractivity contribution is -0.134. The van der Waals surface area contributed by atoms with Crippen LogP contribution >= 0.6 is 12.2 Å². The third-order valence-corrected chi connectivity index (χ3v) is 3.72. The fraction of sp³-hybridized carbons (Fsp3) is 0.857. The monoisotopic (exact) mass is 300 g/mol. The number of likely N-dealkylation sites (N-methyl/N-ethyl adjacent to an activating group) is 1. The third-order valence-electron chi connectivity index (χ3n) is 3.51. The molecule has 0 aliphatic carbocycles. The van der Waals surface area contributed by atoms with E-state index in [0.717, 1.165) is 39.3 Å². The molecule has 5 nitrogen and oxygen atoms in total. The summed E-state index contributed by atoms with van der Waals surface area (Å²) in [5.41, 5.74) is 5.56. The van der Waals surface area contributed by atoms with E-state index in [4.69, 9.17) is 18.0 Å². The Morgan fingerprint density at radius 3 is 2.40 bits per heavy atom. The first kappa shape index (κ1) is 17.3. The molecule has 1 amide bonds. The number of piperazine rings is 1. The number of carbonyl (C=O) groups excluding carboxylic acids is 1. The summed E-state index contributed by atoms with van der Waals surface area (Å²) >= 11 is 4.93. The molecule has 0 aromatic rings. The third kappa shape index (κ3) is 6.63. The van der Waals surface area contributed by atoms with Gasteiger partial charge in [-0.3, -0.25) is 9.69 Å². The summed E-state index contributed by atoms with van der Waals surface area (Å²) in [5.74, 6) is 0.753. The van der Waals surface area contributed by atoms with Crippen molar-refractivity contribution in [1.29, 1.82) is 0 Å². The molecule has 20 heavy (non-hydrogen) atoms. The Kier molecular flexibility index (Phi) is 7.40. The number of nitrogens with zero attached hydrogens (tertiary/aromatic N) is 3. The molecule has 1 saturated heterocycles. The maximum Gasteiger partial charge on any atom is 0.236 e. The zero-order valence-corrected chi connectivity index (χ0v) is 13.8. The summed E-state index contributed by atoms with van der Waals surface area (Å²) in [6, 6.07) is 0. The number of thiocarbonyl (C=S) groups is 1. The Bertz CT molecular complexity index is 327. The van der Waals surface area contributed by atoms with Crippen LogP contribution in [0.15, 0.2) is 0 Å². The first-order valence-corrected chi connectivity index (χ1v) is 7.76. The second kappa shape index (κ2) is 8.54.